The number of carbonyl (C=O) groups excluding carboxylic acids is 1. The van der Waals surface area contributed by atoms with E-state index in [1.807, 2.05) is 43.3 Å². The number of anilines is 2. The molecule has 0 saturated carbocycles. The lowest BCUT2D eigenvalue weighted by Gasteiger charge is -2.13. The van der Waals surface area contributed by atoms with Crippen LogP contribution in [0.4, 0.5) is 11.6 Å². The van der Waals surface area contributed by atoms with Crippen molar-refractivity contribution in [2.24, 2.45) is 5.10 Å². The number of carbonyl (C=O) groups is 1. The van der Waals surface area contributed by atoms with Crippen LogP contribution in [0.1, 0.15) is 16.7 Å². The van der Waals surface area contributed by atoms with Crippen molar-refractivity contribution in [3.05, 3.63) is 98.2 Å². The van der Waals surface area contributed by atoms with Crippen LogP contribution in [-0.2, 0) is 4.79 Å². The molecule has 4 aromatic rings. The molecule has 1 amide bonds. The first-order valence-corrected chi connectivity index (χ1v) is 12.4. The summed E-state index contributed by atoms with van der Waals surface area (Å²) >= 11 is 3.48. The second-order valence-corrected chi connectivity index (χ2v) is 9.02. The maximum absolute atomic E-state index is 12.4. The van der Waals surface area contributed by atoms with E-state index in [2.05, 4.69) is 41.7 Å². The Balaban J connectivity index is 1.47. The number of benzene rings is 3. The molecular weight excluding hydrogens is 564 g/mol. The summed E-state index contributed by atoms with van der Waals surface area (Å²) in [6, 6.07) is 21.6. The number of aromatic amines is 1. The van der Waals surface area contributed by atoms with Gasteiger partial charge in [-0.2, -0.15) is 10.4 Å². The molecule has 196 valence electrons. The highest BCUT2D eigenvalue weighted by atomic mass is 79.9. The summed E-state index contributed by atoms with van der Waals surface area (Å²) in [7, 11) is 1.49. The Morgan fingerprint density at radius 2 is 1.90 bits per heavy atom. The van der Waals surface area contributed by atoms with E-state index >= 15 is 0 Å². The van der Waals surface area contributed by atoms with Gasteiger partial charge < -0.3 is 14.8 Å². The predicted octanol–water partition coefficient (Wildman–Crippen LogP) is 4.85. The van der Waals surface area contributed by atoms with E-state index in [0.29, 0.717) is 32.8 Å². The average molecular weight is 587 g/mol. The van der Waals surface area contributed by atoms with E-state index in [-0.39, 0.29) is 29.7 Å². The topological polar surface area (TPSA) is 141 Å². The van der Waals surface area contributed by atoms with Crippen LogP contribution in [0, 0.1) is 18.3 Å². The highest BCUT2D eigenvalue weighted by Crippen LogP contribution is 2.33. The van der Waals surface area contributed by atoms with Crippen molar-refractivity contribution < 1.29 is 14.3 Å². The first-order valence-electron chi connectivity index (χ1n) is 11.6. The molecule has 0 saturated heterocycles. The Morgan fingerprint density at radius 3 is 2.62 bits per heavy atom. The molecule has 0 aliphatic rings. The third-order valence-electron chi connectivity index (χ3n) is 5.51. The van der Waals surface area contributed by atoms with Gasteiger partial charge in [-0.25, -0.2) is 10.4 Å². The summed E-state index contributed by atoms with van der Waals surface area (Å²) in [4.78, 5) is 31.7. The number of nitrogens with one attached hydrogen (secondary N) is 3. The SMILES string of the molecule is COc1cc(C=NNc2nc(-c3ccccc3)c(C#N)c(=O)[nH]2)c(Br)cc1OCC(=O)Nc1ccccc1C. The van der Waals surface area contributed by atoms with Crippen LogP contribution in [0.3, 0.4) is 0 Å². The van der Waals surface area contributed by atoms with Crippen molar-refractivity contribution in [3.8, 4) is 28.8 Å². The van der Waals surface area contributed by atoms with Crippen LogP contribution in [0.2, 0.25) is 0 Å². The van der Waals surface area contributed by atoms with Crippen molar-refractivity contribution in [2.75, 3.05) is 24.5 Å². The quantitative estimate of drug-likeness (QED) is 0.188. The number of hydrazone groups is 1. The fourth-order valence-corrected chi connectivity index (χ4v) is 3.99. The number of nitrogens with zero attached hydrogens (tertiary/aromatic N) is 3. The number of ether oxygens (including phenoxy) is 2. The van der Waals surface area contributed by atoms with Crippen molar-refractivity contribution in [3.63, 3.8) is 0 Å². The van der Waals surface area contributed by atoms with E-state index in [0.717, 1.165) is 5.56 Å². The largest absolute Gasteiger partial charge is 0.493 e. The molecular formula is C28H23BrN6O4. The van der Waals surface area contributed by atoms with Gasteiger partial charge in [-0.15, -0.1) is 0 Å². The molecule has 0 radical (unpaired) electrons. The Bertz CT molecular complexity index is 1630. The van der Waals surface area contributed by atoms with Crippen molar-refractivity contribution in [1.29, 1.82) is 5.26 Å². The van der Waals surface area contributed by atoms with Gasteiger partial charge in [0.2, 0.25) is 5.95 Å². The number of aromatic nitrogens is 2. The number of hydrogen-bond acceptors (Lipinski definition) is 8. The molecule has 0 unspecified atom stereocenters. The third kappa shape index (κ3) is 6.68. The van der Waals surface area contributed by atoms with E-state index < -0.39 is 5.56 Å². The molecule has 3 aromatic carbocycles. The maximum atomic E-state index is 12.4. The van der Waals surface area contributed by atoms with E-state index in [1.165, 1.54) is 13.3 Å². The zero-order valence-corrected chi connectivity index (χ0v) is 22.6. The van der Waals surface area contributed by atoms with E-state index in [9.17, 15) is 14.9 Å². The number of para-hydroxylation sites is 1. The van der Waals surface area contributed by atoms with Crippen molar-refractivity contribution in [1.82, 2.24) is 9.97 Å². The first kappa shape index (κ1) is 27.1. The monoisotopic (exact) mass is 586 g/mol. The van der Waals surface area contributed by atoms with Crippen molar-refractivity contribution >= 4 is 39.7 Å². The highest BCUT2D eigenvalue weighted by molar-refractivity contribution is 9.10. The Morgan fingerprint density at radius 1 is 1.15 bits per heavy atom. The van der Waals surface area contributed by atoms with Gasteiger partial charge in [-0.05, 0) is 46.6 Å². The average Bonchev–Trinajstić information content (AvgIpc) is 2.94. The molecule has 3 N–H and O–H groups in total. The Labute approximate surface area is 232 Å². The number of methoxy groups -OCH3 is 1. The molecule has 0 spiro atoms. The summed E-state index contributed by atoms with van der Waals surface area (Å²) in [5, 5.41) is 16.4. The minimum absolute atomic E-state index is 0.0665. The number of halogens is 1. The lowest BCUT2D eigenvalue weighted by molar-refractivity contribution is -0.118. The number of nitriles is 1. The van der Waals surface area contributed by atoms with Crippen LogP contribution in [0.15, 0.2) is 81.1 Å². The molecule has 10 nitrogen and oxygen atoms in total. The Kier molecular flexibility index (Phi) is 8.71. The van der Waals surface area contributed by atoms with Gasteiger partial charge in [-0.1, -0.05) is 48.5 Å². The molecule has 0 aliphatic heterocycles. The second-order valence-electron chi connectivity index (χ2n) is 8.16. The summed E-state index contributed by atoms with van der Waals surface area (Å²) in [6.45, 7) is 1.69. The molecule has 11 heteroatoms. The minimum Gasteiger partial charge on any atom is -0.493 e. The number of rotatable bonds is 9. The molecule has 0 atom stereocenters. The summed E-state index contributed by atoms with van der Waals surface area (Å²) in [5.41, 5.74) is 5.17. The summed E-state index contributed by atoms with van der Waals surface area (Å²) in [5.74, 6) is 0.507. The lowest BCUT2D eigenvalue weighted by atomic mass is 10.1. The molecule has 1 aromatic heterocycles. The summed E-state index contributed by atoms with van der Waals surface area (Å²) in [6.07, 6.45) is 1.49. The standard InChI is InChI=1S/C28H23BrN6O4/c1-17-8-6-7-11-22(17)32-25(36)16-39-24-13-21(29)19(12-23(24)38-2)15-31-35-28-33-26(18-9-4-3-5-10-18)20(14-30)27(37)34-28/h3-13,15H,16H2,1-2H3,(H,32,36)(H2,33,34,35,37). The molecule has 0 bridgehead atoms. The van der Waals surface area contributed by atoms with Gasteiger partial charge >= 0.3 is 0 Å². The van der Waals surface area contributed by atoms with Crippen LogP contribution in [0.5, 0.6) is 11.5 Å². The molecule has 39 heavy (non-hydrogen) atoms. The lowest BCUT2D eigenvalue weighted by Crippen LogP contribution is -2.20. The van der Waals surface area contributed by atoms with Gasteiger partial charge in [0.25, 0.3) is 11.5 Å². The minimum atomic E-state index is -0.583. The van der Waals surface area contributed by atoms with E-state index in [1.54, 1.807) is 36.4 Å². The van der Waals surface area contributed by atoms with Crippen LogP contribution < -0.4 is 25.8 Å². The second kappa shape index (κ2) is 12.5. The predicted molar refractivity (Wildman–Crippen MR) is 152 cm³/mol. The molecule has 0 fully saturated rings. The zero-order chi connectivity index (χ0) is 27.8. The molecule has 1 heterocycles. The van der Waals surface area contributed by atoms with Gasteiger partial charge in [0.15, 0.2) is 18.1 Å². The van der Waals surface area contributed by atoms with Crippen LogP contribution in [-0.4, -0.2) is 35.8 Å². The number of H-pyrrole nitrogens is 1. The molecule has 0 aliphatic carbocycles. The Hall–Kier alpha value is -4.95. The van der Waals surface area contributed by atoms with Crippen LogP contribution >= 0.6 is 15.9 Å². The normalized spacial score (nSPS) is 10.6. The maximum Gasteiger partial charge on any atom is 0.270 e. The highest BCUT2D eigenvalue weighted by Gasteiger charge is 2.14. The van der Waals surface area contributed by atoms with Crippen LogP contribution in [0.25, 0.3) is 11.3 Å². The smallest absolute Gasteiger partial charge is 0.270 e. The van der Waals surface area contributed by atoms with Gasteiger partial charge in [0.05, 0.1) is 19.0 Å². The third-order valence-corrected chi connectivity index (χ3v) is 6.20. The summed E-state index contributed by atoms with van der Waals surface area (Å²) < 4.78 is 11.7. The van der Waals surface area contributed by atoms with Gasteiger partial charge in [0, 0.05) is 21.3 Å². The number of amides is 1. The molecule has 4 rings (SSSR count). The van der Waals surface area contributed by atoms with Gasteiger partial charge in [0.1, 0.15) is 11.6 Å². The van der Waals surface area contributed by atoms with Crippen molar-refractivity contribution in [2.45, 2.75) is 6.92 Å². The number of hydrogen-bond donors (Lipinski definition) is 3. The van der Waals surface area contributed by atoms with Gasteiger partial charge in [-0.3, -0.25) is 14.6 Å². The fourth-order valence-electron chi connectivity index (χ4n) is 3.56. The zero-order valence-electron chi connectivity index (χ0n) is 21.0. The number of aryl methyl sites for hydroxylation is 1. The fraction of sp³-hybridized carbons (Fsp3) is 0.107. The van der Waals surface area contributed by atoms with E-state index in [4.69, 9.17) is 9.47 Å². The first-order chi connectivity index (χ1) is 18.9.